The quantitative estimate of drug-likeness (QED) is 0.588. The summed E-state index contributed by atoms with van der Waals surface area (Å²) in [5.74, 6) is 1.89. The van der Waals surface area contributed by atoms with Gasteiger partial charge in [0, 0.05) is 57.0 Å². The van der Waals surface area contributed by atoms with E-state index in [0.29, 0.717) is 13.2 Å². The summed E-state index contributed by atoms with van der Waals surface area (Å²) in [6.45, 7) is 13.8. The molecule has 6 nitrogen and oxygen atoms in total. The second kappa shape index (κ2) is 11.6. The number of nitrogens with zero attached hydrogens (tertiary/aromatic N) is 4. The van der Waals surface area contributed by atoms with Gasteiger partial charge < -0.3 is 14.7 Å². The van der Waals surface area contributed by atoms with Crippen LogP contribution in [-0.2, 0) is 11.2 Å². The number of aromatic nitrogens is 2. The molecule has 1 atom stereocenters. The van der Waals surface area contributed by atoms with Crippen LogP contribution in [-0.4, -0.2) is 72.0 Å². The molecular weight excluding hydrogens is 388 g/mol. The molecule has 31 heavy (non-hydrogen) atoms. The molecule has 170 valence electrons. The number of piperazine rings is 1. The van der Waals surface area contributed by atoms with E-state index in [9.17, 15) is 5.11 Å². The SMILES string of the molecule is CCCCOCC(O)CN1CCN(c2nc(C)nc(C)c2Cc2cccc(C)c2)CC1. The Hall–Kier alpha value is -2.02. The molecule has 1 N–H and O–H groups in total. The maximum atomic E-state index is 10.3. The van der Waals surface area contributed by atoms with Crippen LogP contribution in [0.25, 0.3) is 0 Å². The van der Waals surface area contributed by atoms with Crippen LogP contribution in [0.1, 0.15) is 48.0 Å². The zero-order chi connectivity index (χ0) is 22.2. The van der Waals surface area contributed by atoms with Crippen LogP contribution in [0.5, 0.6) is 0 Å². The van der Waals surface area contributed by atoms with Crippen LogP contribution >= 0.6 is 0 Å². The average Bonchev–Trinajstić information content (AvgIpc) is 2.74. The molecule has 1 aliphatic heterocycles. The summed E-state index contributed by atoms with van der Waals surface area (Å²) in [7, 11) is 0. The Morgan fingerprint density at radius 3 is 2.58 bits per heavy atom. The highest BCUT2D eigenvalue weighted by molar-refractivity contribution is 5.51. The third-order valence-electron chi connectivity index (χ3n) is 5.86. The Labute approximate surface area is 187 Å². The van der Waals surface area contributed by atoms with Crippen molar-refractivity contribution in [1.82, 2.24) is 14.9 Å². The van der Waals surface area contributed by atoms with Gasteiger partial charge in [-0.1, -0.05) is 43.2 Å². The number of aliphatic hydroxyl groups is 1. The van der Waals surface area contributed by atoms with E-state index in [1.54, 1.807) is 0 Å². The van der Waals surface area contributed by atoms with Gasteiger partial charge in [-0.3, -0.25) is 4.90 Å². The molecule has 0 bridgehead atoms. The molecule has 1 fully saturated rings. The monoisotopic (exact) mass is 426 g/mol. The van der Waals surface area contributed by atoms with Crippen molar-refractivity contribution < 1.29 is 9.84 Å². The maximum Gasteiger partial charge on any atom is 0.136 e. The molecule has 1 aromatic carbocycles. The van der Waals surface area contributed by atoms with Gasteiger partial charge in [0.15, 0.2) is 0 Å². The lowest BCUT2D eigenvalue weighted by Crippen LogP contribution is -2.49. The average molecular weight is 427 g/mol. The van der Waals surface area contributed by atoms with E-state index in [-0.39, 0.29) is 0 Å². The molecule has 2 aromatic rings. The molecule has 0 saturated carbocycles. The molecule has 1 unspecified atom stereocenters. The normalized spacial score (nSPS) is 16.0. The van der Waals surface area contributed by atoms with Crippen molar-refractivity contribution in [2.75, 3.05) is 50.8 Å². The van der Waals surface area contributed by atoms with E-state index in [1.165, 1.54) is 16.7 Å². The lowest BCUT2D eigenvalue weighted by molar-refractivity contribution is 0.0150. The smallest absolute Gasteiger partial charge is 0.136 e. The molecule has 2 heterocycles. The Morgan fingerprint density at radius 1 is 1.10 bits per heavy atom. The van der Waals surface area contributed by atoms with Crippen LogP contribution in [0.15, 0.2) is 24.3 Å². The van der Waals surface area contributed by atoms with Gasteiger partial charge in [-0.05, 0) is 32.8 Å². The highest BCUT2D eigenvalue weighted by Crippen LogP contribution is 2.25. The van der Waals surface area contributed by atoms with Crippen molar-refractivity contribution in [3.05, 3.63) is 52.5 Å². The third kappa shape index (κ3) is 6.99. The summed E-state index contributed by atoms with van der Waals surface area (Å²) >= 11 is 0. The second-order valence-electron chi connectivity index (χ2n) is 8.69. The number of benzene rings is 1. The number of rotatable bonds is 10. The second-order valence-corrected chi connectivity index (χ2v) is 8.69. The zero-order valence-electron chi connectivity index (χ0n) is 19.6. The standard InChI is InChI=1S/C25H38N4O2/c1-5-6-14-31-18-23(30)17-28-10-12-29(13-11-28)25-24(20(3)26-21(4)27-25)16-22-9-7-8-19(2)15-22/h7-9,15,23,30H,5-6,10-14,16-18H2,1-4H3. The van der Waals surface area contributed by atoms with Gasteiger partial charge >= 0.3 is 0 Å². The van der Waals surface area contributed by atoms with Crippen LogP contribution in [0.2, 0.25) is 0 Å². The molecule has 6 heteroatoms. The van der Waals surface area contributed by atoms with Crippen molar-refractivity contribution in [1.29, 1.82) is 0 Å². The van der Waals surface area contributed by atoms with Crippen LogP contribution in [0.4, 0.5) is 5.82 Å². The molecule has 0 spiro atoms. The zero-order valence-corrected chi connectivity index (χ0v) is 19.6. The molecule has 1 aliphatic rings. The minimum atomic E-state index is -0.427. The van der Waals surface area contributed by atoms with Gasteiger partial charge in [-0.15, -0.1) is 0 Å². The summed E-state index contributed by atoms with van der Waals surface area (Å²) < 4.78 is 5.57. The minimum absolute atomic E-state index is 0.422. The molecule has 0 amide bonds. The number of aliphatic hydroxyl groups excluding tert-OH is 1. The Balaban J connectivity index is 1.62. The largest absolute Gasteiger partial charge is 0.389 e. The van der Waals surface area contributed by atoms with Crippen molar-refractivity contribution >= 4 is 5.82 Å². The van der Waals surface area contributed by atoms with Gasteiger partial charge in [-0.25, -0.2) is 9.97 Å². The van der Waals surface area contributed by atoms with E-state index in [0.717, 1.165) is 69.4 Å². The molecule has 3 rings (SSSR count). The van der Waals surface area contributed by atoms with Crippen LogP contribution in [0, 0.1) is 20.8 Å². The minimum Gasteiger partial charge on any atom is -0.389 e. The molecular formula is C25H38N4O2. The van der Waals surface area contributed by atoms with Crippen molar-refractivity contribution in [2.45, 2.75) is 53.1 Å². The first-order valence-electron chi connectivity index (χ1n) is 11.6. The van der Waals surface area contributed by atoms with Gasteiger partial charge in [0.25, 0.3) is 0 Å². The number of β-amino-alcohol motifs (C(OH)–C–C–N with tert-alkyl or cyclic N) is 1. The van der Waals surface area contributed by atoms with E-state index in [1.807, 2.05) is 6.92 Å². The van der Waals surface area contributed by atoms with Gasteiger partial charge in [-0.2, -0.15) is 0 Å². The van der Waals surface area contributed by atoms with E-state index in [4.69, 9.17) is 9.72 Å². The lowest BCUT2D eigenvalue weighted by Gasteiger charge is -2.37. The Morgan fingerprint density at radius 2 is 1.87 bits per heavy atom. The Bertz CT molecular complexity index is 834. The summed E-state index contributed by atoms with van der Waals surface area (Å²) in [4.78, 5) is 14.2. The van der Waals surface area contributed by atoms with Crippen LogP contribution < -0.4 is 4.90 Å². The number of ether oxygens (including phenoxy) is 1. The predicted molar refractivity (Wildman–Crippen MR) is 126 cm³/mol. The number of hydrogen-bond donors (Lipinski definition) is 1. The summed E-state index contributed by atoms with van der Waals surface area (Å²) in [6.07, 6.45) is 2.58. The summed E-state index contributed by atoms with van der Waals surface area (Å²) in [6, 6.07) is 8.67. The van der Waals surface area contributed by atoms with E-state index < -0.39 is 6.10 Å². The fourth-order valence-electron chi connectivity index (χ4n) is 4.17. The first kappa shape index (κ1) is 23.6. The molecule has 1 aromatic heterocycles. The fraction of sp³-hybridized carbons (Fsp3) is 0.600. The molecule has 0 aliphatic carbocycles. The van der Waals surface area contributed by atoms with Crippen molar-refractivity contribution in [3.8, 4) is 0 Å². The summed E-state index contributed by atoms with van der Waals surface area (Å²) in [5.41, 5.74) is 4.84. The number of hydrogen-bond acceptors (Lipinski definition) is 6. The highest BCUT2D eigenvalue weighted by Gasteiger charge is 2.23. The van der Waals surface area contributed by atoms with Gasteiger partial charge in [0.1, 0.15) is 11.6 Å². The van der Waals surface area contributed by atoms with Gasteiger partial charge in [0.2, 0.25) is 0 Å². The van der Waals surface area contributed by atoms with Crippen LogP contribution in [0.3, 0.4) is 0 Å². The maximum absolute atomic E-state index is 10.3. The van der Waals surface area contributed by atoms with E-state index >= 15 is 0 Å². The topological polar surface area (TPSA) is 61.7 Å². The fourth-order valence-corrected chi connectivity index (χ4v) is 4.17. The third-order valence-corrected chi connectivity index (χ3v) is 5.86. The molecule has 0 radical (unpaired) electrons. The number of anilines is 1. The Kier molecular flexibility index (Phi) is 8.81. The van der Waals surface area contributed by atoms with E-state index in [2.05, 4.69) is 59.8 Å². The lowest BCUT2D eigenvalue weighted by atomic mass is 10.0. The number of unbranched alkanes of at least 4 members (excludes halogenated alkanes) is 1. The van der Waals surface area contributed by atoms with Gasteiger partial charge in [0.05, 0.1) is 12.7 Å². The van der Waals surface area contributed by atoms with Crippen molar-refractivity contribution in [3.63, 3.8) is 0 Å². The predicted octanol–water partition coefficient (Wildman–Crippen LogP) is 3.29. The first-order chi connectivity index (χ1) is 15.0. The summed E-state index contributed by atoms with van der Waals surface area (Å²) in [5, 5.41) is 10.3. The first-order valence-corrected chi connectivity index (χ1v) is 11.6. The number of aryl methyl sites for hydroxylation is 3. The molecule has 1 saturated heterocycles. The van der Waals surface area contributed by atoms with Crippen molar-refractivity contribution in [2.24, 2.45) is 0 Å². The highest BCUT2D eigenvalue weighted by atomic mass is 16.5.